The number of unbranched alkanes of at least 4 members (excludes halogenated alkanes) is 1. The van der Waals surface area contributed by atoms with E-state index in [1.165, 1.54) is 4.90 Å². The van der Waals surface area contributed by atoms with Crippen LogP contribution in [0.3, 0.4) is 0 Å². The summed E-state index contributed by atoms with van der Waals surface area (Å²) in [4.78, 5) is 29.1. The zero-order valence-corrected chi connectivity index (χ0v) is 16.3. The zero-order chi connectivity index (χ0) is 19.2. The maximum atomic E-state index is 12.2. The van der Waals surface area contributed by atoms with Crippen molar-refractivity contribution in [2.45, 2.75) is 39.0 Å². The number of carboxylic acid groups (broad SMARTS) is 1. The first-order valence-electron chi connectivity index (χ1n) is 9.46. The van der Waals surface area contributed by atoms with E-state index in [0.717, 1.165) is 48.1 Å². The quantitative estimate of drug-likeness (QED) is 0.658. The van der Waals surface area contributed by atoms with E-state index >= 15 is 0 Å². The van der Waals surface area contributed by atoms with Crippen LogP contribution in [0.2, 0.25) is 0 Å². The highest BCUT2D eigenvalue weighted by atomic mass is 32.1. The SMILES string of the molecule is CCCCC(=O)Nc1cnc2ccsc2c1NCC1CCN(C(=O)O)CC1. The highest BCUT2D eigenvalue weighted by Gasteiger charge is 2.22. The summed E-state index contributed by atoms with van der Waals surface area (Å²) >= 11 is 1.60. The molecule has 0 bridgehead atoms. The van der Waals surface area contributed by atoms with Crippen LogP contribution in [-0.4, -0.2) is 46.6 Å². The van der Waals surface area contributed by atoms with Crippen molar-refractivity contribution in [2.75, 3.05) is 30.3 Å². The van der Waals surface area contributed by atoms with Crippen molar-refractivity contribution in [3.63, 3.8) is 0 Å². The molecule has 7 nitrogen and oxygen atoms in total. The van der Waals surface area contributed by atoms with Gasteiger partial charge in [-0.2, -0.15) is 0 Å². The maximum Gasteiger partial charge on any atom is 0.407 e. The van der Waals surface area contributed by atoms with E-state index in [0.29, 0.717) is 31.1 Å². The second-order valence-corrected chi connectivity index (χ2v) is 7.84. The monoisotopic (exact) mass is 390 g/mol. The predicted molar refractivity (Wildman–Crippen MR) is 109 cm³/mol. The molecule has 0 saturated carbocycles. The molecule has 8 heteroatoms. The number of anilines is 2. The molecule has 2 amide bonds. The number of aromatic nitrogens is 1. The Morgan fingerprint density at radius 2 is 2.15 bits per heavy atom. The molecule has 1 fully saturated rings. The average molecular weight is 391 g/mol. The van der Waals surface area contributed by atoms with Gasteiger partial charge in [-0.25, -0.2) is 4.79 Å². The number of likely N-dealkylation sites (tertiary alicyclic amines) is 1. The topological polar surface area (TPSA) is 94.6 Å². The summed E-state index contributed by atoms with van der Waals surface area (Å²) < 4.78 is 1.03. The fourth-order valence-corrected chi connectivity index (χ4v) is 4.18. The summed E-state index contributed by atoms with van der Waals surface area (Å²) in [5.41, 5.74) is 2.55. The van der Waals surface area contributed by atoms with E-state index in [2.05, 4.69) is 22.5 Å². The third-order valence-electron chi connectivity index (χ3n) is 4.96. The molecule has 0 atom stereocenters. The molecule has 3 heterocycles. The Kier molecular flexibility index (Phi) is 6.49. The van der Waals surface area contributed by atoms with Gasteiger partial charge in [-0.1, -0.05) is 13.3 Å². The van der Waals surface area contributed by atoms with Crippen molar-refractivity contribution in [1.29, 1.82) is 0 Å². The van der Waals surface area contributed by atoms with Crippen LogP contribution in [0, 0.1) is 5.92 Å². The average Bonchev–Trinajstić information content (AvgIpc) is 3.14. The lowest BCUT2D eigenvalue weighted by molar-refractivity contribution is -0.116. The van der Waals surface area contributed by atoms with E-state index in [1.807, 2.05) is 11.4 Å². The summed E-state index contributed by atoms with van der Waals surface area (Å²) in [6.07, 6.45) is 4.92. The fourth-order valence-electron chi connectivity index (χ4n) is 3.31. The summed E-state index contributed by atoms with van der Waals surface area (Å²) in [5, 5.41) is 17.6. The third kappa shape index (κ3) is 4.88. The molecule has 0 radical (unpaired) electrons. The molecule has 1 saturated heterocycles. The van der Waals surface area contributed by atoms with Gasteiger partial charge < -0.3 is 20.6 Å². The van der Waals surface area contributed by atoms with E-state index < -0.39 is 6.09 Å². The molecular formula is C19H26N4O3S. The Hall–Kier alpha value is -2.35. The minimum atomic E-state index is -0.840. The van der Waals surface area contributed by atoms with Gasteiger partial charge in [0.2, 0.25) is 5.91 Å². The molecule has 146 valence electrons. The molecule has 0 aliphatic carbocycles. The molecule has 0 unspecified atom stereocenters. The van der Waals surface area contributed by atoms with Crippen LogP contribution in [0.4, 0.5) is 16.2 Å². The van der Waals surface area contributed by atoms with Crippen molar-refractivity contribution in [3.8, 4) is 0 Å². The Morgan fingerprint density at radius 1 is 1.37 bits per heavy atom. The number of thiophene rings is 1. The van der Waals surface area contributed by atoms with Crippen molar-refractivity contribution in [2.24, 2.45) is 5.92 Å². The normalized spacial score (nSPS) is 15.1. The lowest BCUT2D eigenvalue weighted by Crippen LogP contribution is -2.39. The number of carbonyl (C=O) groups is 2. The number of hydrogen-bond donors (Lipinski definition) is 3. The maximum absolute atomic E-state index is 12.2. The number of pyridine rings is 1. The van der Waals surface area contributed by atoms with Crippen LogP contribution >= 0.6 is 11.3 Å². The van der Waals surface area contributed by atoms with Crippen LogP contribution in [0.25, 0.3) is 10.2 Å². The number of piperidine rings is 1. The molecule has 1 aliphatic heterocycles. The number of rotatable bonds is 7. The molecule has 2 aromatic rings. The van der Waals surface area contributed by atoms with E-state index in [4.69, 9.17) is 5.11 Å². The first kappa shape index (κ1) is 19.4. The lowest BCUT2D eigenvalue weighted by Gasteiger charge is -2.30. The second kappa shape index (κ2) is 9.03. The van der Waals surface area contributed by atoms with Crippen LogP contribution < -0.4 is 10.6 Å². The minimum Gasteiger partial charge on any atom is -0.465 e. The highest BCUT2D eigenvalue weighted by molar-refractivity contribution is 7.17. The Morgan fingerprint density at radius 3 is 2.85 bits per heavy atom. The van der Waals surface area contributed by atoms with Gasteiger partial charge in [0.25, 0.3) is 0 Å². The number of fused-ring (bicyclic) bond motifs is 1. The Bertz CT molecular complexity index is 799. The van der Waals surface area contributed by atoms with Gasteiger partial charge in [-0.15, -0.1) is 11.3 Å². The van der Waals surface area contributed by atoms with Gasteiger partial charge in [0.1, 0.15) is 0 Å². The number of nitrogens with zero attached hydrogens (tertiary/aromatic N) is 2. The first-order valence-corrected chi connectivity index (χ1v) is 10.3. The van der Waals surface area contributed by atoms with Gasteiger partial charge in [-0.3, -0.25) is 9.78 Å². The summed E-state index contributed by atoms with van der Waals surface area (Å²) in [6, 6.07) is 1.97. The van der Waals surface area contributed by atoms with E-state index in [9.17, 15) is 9.59 Å². The molecule has 0 aromatic carbocycles. The lowest BCUT2D eigenvalue weighted by atomic mass is 9.97. The van der Waals surface area contributed by atoms with Crippen molar-refractivity contribution in [3.05, 3.63) is 17.6 Å². The molecule has 1 aliphatic rings. The molecule has 0 spiro atoms. The van der Waals surface area contributed by atoms with Crippen LogP contribution in [0.5, 0.6) is 0 Å². The van der Waals surface area contributed by atoms with Gasteiger partial charge in [0, 0.05) is 26.1 Å². The summed E-state index contributed by atoms with van der Waals surface area (Å²) in [5.74, 6) is 0.416. The van der Waals surface area contributed by atoms with E-state index in [1.54, 1.807) is 17.5 Å². The first-order chi connectivity index (χ1) is 13.1. The summed E-state index contributed by atoms with van der Waals surface area (Å²) in [6.45, 7) is 3.97. The van der Waals surface area contributed by atoms with Gasteiger partial charge in [0.05, 0.1) is 27.8 Å². The number of nitrogens with one attached hydrogen (secondary N) is 2. The standard InChI is InChI=1S/C19H26N4O3S/c1-2-3-4-16(24)22-15-12-20-14-7-10-27-18(14)17(15)21-11-13-5-8-23(9-6-13)19(25)26/h7,10,12-13H,2-6,8-9,11H2,1H3,(H,20,21)(H,22,24)(H,25,26). The van der Waals surface area contributed by atoms with E-state index in [-0.39, 0.29) is 5.91 Å². The molecular weight excluding hydrogens is 364 g/mol. The Balaban J connectivity index is 1.68. The van der Waals surface area contributed by atoms with Crippen molar-refractivity contribution in [1.82, 2.24) is 9.88 Å². The van der Waals surface area contributed by atoms with Crippen LogP contribution in [-0.2, 0) is 4.79 Å². The number of carbonyl (C=O) groups excluding carboxylic acids is 1. The molecule has 3 rings (SSSR count). The molecule has 27 heavy (non-hydrogen) atoms. The smallest absolute Gasteiger partial charge is 0.407 e. The van der Waals surface area contributed by atoms with Crippen LogP contribution in [0.1, 0.15) is 39.0 Å². The van der Waals surface area contributed by atoms with Crippen LogP contribution in [0.15, 0.2) is 17.6 Å². The van der Waals surface area contributed by atoms with Crippen molar-refractivity contribution >= 4 is 44.9 Å². The fraction of sp³-hybridized carbons (Fsp3) is 0.526. The highest BCUT2D eigenvalue weighted by Crippen LogP contribution is 2.34. The zero-order valence-electron chi connectivity index (χ0n) is 15.5. The van der Waals surface area contributed by atoms with Gasteiger partial charge in [0.15, 0.2) is 0 Å². The molecule has 3 N–H and O–H groups in total. The largest absolute Gasteiger partial charge is 0.465 e. The Labute approximate surface area is 162 Å². The predicted octanol–water partition coefficient (Wildman–Crippen LogP) is 4.23. The third-order valence-corrected chi connectivity index (χ3v) is 5.88. The number of amides is 2. The second-order valence-electron chi connectivity index (χ2n) is 6.93. The van der Waals surface area contributed by atoms with Gasteiger partial charge in [-0.05, 0) is 36.6 Å². The summed E-state index contributed by atoms with van der Waals surface area (Å²) in [7, 11) is 0. The van der Waals surface area contributed by atoms with Gasteiger partial charge >= 0.3 is 6.09 Å². The number of hydrogen-bond acceptors (Lipinski definition) is 5. The molecule has 2 aromatic heterocycles. The van der Waals surface area contributed by atoms with Crippen molar-refractivity contribution < 1.29 is 14.7 Å². The minimum absolute atomic E-state index is 0.00683.